The minimum absolute atomic E-state index is 0.130. The Balaban J connectivity index is 2.08. The predicted octanol–water partition coefficient (Wildman–Crippen LogP) is 3.36. The molecule has 2 aromatic carbocycles. The molecule has 140 valence electrons. The molecule has 1 unspecified atom stereocenters. The number of aromatic nitrogens is 2. The topological polar surface area (TPSA) is 81.1 Å². The molecule has 0 saturated heterocycles. The van der Waals surface area contributed by atoms with Crippen LogP contribution in [0.4, 0.5) is 0 Å². The van der Waals surface area contributed by atoms with Crippen molar-refractivity contribution in [2.24, 2.45) is 5.73 Å². The van der Waals surface area contributed by atoms with E-state index in [1.807, 2.05) is 37.3 Å². The van der Waals surface area contributed by atoms with Crippen LogP contribution in [0.15, 0.2) is 59.5 Å². The van der Waals surface area contributed by atoms with Crippen LogP contribution in [0.5, 0.6) is 0 Å². The third-order valence-corrected chi connectivity index (χ3v) is 4.87. The van der Waals surface area contributed by atoms with Crippen LogP contribution in [0.3, 0.4) is 0 Å². The summed E-state index contributed by atoms with van der Waals surface area (Å²) in [6.45, 7) is 2.51. The zero-order valence-corrected chi connectivity index (χ0v) is 15.9. The maximum absolute atomic E-state index is 13.1. The summed E-state index contributed by atoms with van der Waals surface area (Å²) in [5, 5.41) is 11.0. The Labute approximate surface area is 162 Å². The van der Waals surface area contributed by atoms with Crippen LogP contribution in [-0.4, -0.2) is 14.7 Å². The minimum atomic E-state index is -0.977. The number of aliphatic hydroxyl groups excluding tert-OH is 1. The maximum atomic E-state index is 13.1. The fourth-order valence-electron chi connectivity index (χ4n) is 3.13. The van der Waals surface area contributed by atoms with Gasteiger partial charge in [0.2, 0.25) is 0 Å². The van der Waals surface area contributed by atoms with Gasteiger partial charge in [0.1, 0.15) is 11.9 Å². The van der Waals surface area contributed by atoms with E-state index in [-0.39, 0.29) is 5.56 Å². The largest absolute Gasteiger partial charge is 0.405 e. The van der Waals surface area contributed by atoms with Crippen LogP contribution >= 0.6 is 11.6 Å². The van der Waals surface area contributed by atoms with E-state index >= 15 is 0 Å². The van der Waals surface area contributed by atoms with Crippen LogP contribution < -0.4 is 11.3 Å². The van der Waals surface area contributed by atoms with Crippen molar-refractivity contribution in [3.63, 3.8) is 0 Å². The van der Waals surface area contributed by atoms with E-state index in [0.29, 0.717) is 34.5 Å². The molecule has 0 aliphatic rings. The molecular weight excluding hydrogens is 362 g/mol. The second-order valence-electron chi connectivity index (χ2n) is 6.29. The smallest absolute Gasteiger partial charge is 0.261 e. The van der Waals surface area contributed by atoms with Gasteiger partial charge in [-0.15, -0.1) is 0 Å². The van der Waals surface area contributed by atoms with Crippen molar-refractivity contribution in [2.45, 2.75) is 32.4 Å². The molecule has 0 fully saturated rings. The first-order chi connectivity index (χ1) is 13.0. The quantitative estimate of drug-likeness (QED) is 0.683. The second-order valence-corrected chi connectivity index (χ2v) is 6.70. The highest BCUT2D eigenvalue weighted by Gasteiger charge is 2.15. The summed E-state index contributed by atoms with van der Waals surface area (Å²) >= 11 is 6.28. The first-order valence-electron chi connectivity index (χ1n) is 8.88. The fraction of sp³-hybridized carbons (Fsp3) is 0.238. The van der Waals surface area contributed by atoms with Crippen molar-refractivity contribution >= 4 is 22.5 Å². The highest BCUT2D eigenvalue weighted by molar-refractivity contribution is 6.32. The molecule has 0 aliphatic carbocycles. The van der Waals surface area contributed by atoms with Crippen molar-refractivity contribution in [2.75, 3.05) is 0 Å². The van der Waals surface area contributed by atoms with Crippen LogP contribution in [-0.2, 0) is 19.4 Å². The second kappa shape index (κ2) is 8.37. The van der Waals surface area contributed by atoms with Gasteiger partial charge < -0.3 is 10.8 Å². The summed E-state index contributed by atoms with van der Waals surface area (Å²) in [6.07, 6.45) is 3.06. The number of hydrogen-bond donors (Lipinski definition) is 2. The van der Waals surface area contributed by atoms with Crippen LogP contribution in [0, 0.1) is 0 Å². The van der Waals surface area contributed by atoms with Gasteiger partial charge in [0.15, 0.2) is 0 Å². The number of fused-ring (bicyclic) bond motifs is 1. The van der Waals surface area contributed by atoms with Gasteiger partial charge in [0.05, 0.1) is 10.9 Å². The first kappa shape index (κ1) is 19.1. The monoisotopic (exact) mass is 383 g/mol. The molecule has 0 saturated carbocycles. The molecule has 3 aromatic rings. The van der Waals surface area contributed by atoms with Gasteiger partial charge in [0, 0.05) is 23.6 Å². The molecule has 0 bridgehead atoms. The van der Waals surface area contributed by atoms with Gasteiger partial charge in [-0.1, -0.05) is 48.9 Å². The lowest BCUT2D eigenvalue weighted by atomic mass is 10.1. The van der Waals surface area contributed by atoms with E-state index in [1.165, 1.54) is 12.3 Å². The van der Waals surface area contributed by atoms with Crippen molar-refractivity contribution in [1.29, 1.82) is 0 Å². The van der Waals surface area contributed by atoms with Crippen molar-refractivity contribution in [3.05, 3.63) is 87.1 Å². The van der Waals surface area contributed by atoms with Gasteiger partial charge in [0.25, 0.3) is 5.56 Å². The predicted molar refractivity (Wildman–Crippen MR) is 109 cm³/mol. The fourth-order valence-corrected chi connectivity index (χ4v) is 3.40. The molecule has 27 heavy (non-hydrogen) atoms. The summed E-state index contributed by atoms with van der Waals surface area (Å²) in [6, 6.07) is 13.3. The first-order valence-corrected chi connectivity index (χ1v) is 9.26. The van der Waals surface area contributed by atoms with Crippen molar-refractivity contribution in [1.82, 2.24) is 9.55 Å². The lowest BCUT2D eigenvalue weighted by molar-refractivity contribution is 0.228. The summed E-state index contributed by atoms with van der Waals surface area (Å²) in [5.41, 5.74) is 7.35. The third kappa shape index (κ3) is 4.04. The number of hydrogen-bond acceptors (Lipinski definition) is 4. The van der Waals surface area contributed by atoms with Crippen LogP contribution in [0.2, 0.25) is 5.02 Å². The Morgan fingerprint density at radius 2 is 2.04 bits per heavy atom. The van der Waals surface area contributed by atoms with Gasteiger partial charge in [-0.3, -0.25) is 9.36 Å². The zero-order valence-electron chi connectivity index (χ0n) is 15.1. The molecule has 1 aromatic heterocycles. The van der Waals surface area contributed by atoms with Gasteiger partial charge in [-0.25, -0.2) is 4.98 Å². The van der Waals surface area contributed by atoms with E-state index in [1.54, 1.807) is 16.7 Å². The Hall–Kier alpha value is -2.63. The average Bonchev–Trinajstić information content (AvgIpc) is 2.67. The Bertz CT molecular complexity index is 1030. The molecule has 1 atom stereocenters. The molecular formula is C21H22ClN3O2. The van der Waals surface area contributed by atoms with Gasteiger partial charge in [-0.2, -0.15) is 0 Å². The Morgan fingerprint density at radius 1 is 1.30 bits per heavy atom. The van der Waals surface area contributed by atoms with Crippen LogP contribution in [0.25, 0.3) is 10.9 Å². The highest BCUT2D eigenvalue weighted by Crippen LogP contribution is 2.27. The molecule has 0 spiro atoms. The van der Waals surface area contributed by atoms with E-state index in [9.17, 15) is 9.90 Å². The SMILES string of the molecule is CCc1nc2cc(Cl)c(C(O)/C=C/N)cc2c(=O)n1CCc1ccccc1. The number of nitrogens with zero attached hydrogens (tertiary/aromatic N) is 2. The normalized spacial score (nSPS) is 12.7. The summed E-state index contributed by atoms with van der Waals surface area (Å²) in [5.74, 6) is 0.717. The standard InChI is InChI=1S/C21H22ClN3O2/c1-2-20-24-18-13-17(22)15(19(26)8-10-23)12-16(18)21(27)25(20)11-9-14-6-4-3-5-7-14/h3-8,10,12-13,19,26H,2,9,11,23H2,1H3/b10-8+. The Kier molecular flexibility index (Phi) is 5.94. The van der Waals surface area contributed by atoms with Crippen LogP contribution in [0.1, 0.15) is 30.0 Å². The molecule has 3 N–H and O–H groups in total. The average molecular weight is 384 g/mol. The number of aryl methyl sites for hydroxylation is 2. The highest BCUT2D eigenvalue weighted by atomic mass is 35.5. The van der Waals surface area contributed by atoms with E-state index in [4.69, 9.17) is 17.3 Å². The molecule has 0 aliphatic heterocycles. The lowest BCUT2D eigenvalue weighted by Crippen LogP contribution is -2.26. The molecule has 5 nitrogen and oxygen atoms in total. The van der Waals surface area contributed by atoms with E-state index in [0.717, 1.165) is 17.8 Å². The number of benzene rings is 2. The molecule has 6 heteroatoms. The van der Waals surface area contributed by atoms with Gasteiger partial charge >= 0.3 is 0 Å². The number of halogens is 1. The van der Waals surface area contributed by atoms with Crippen molar-refractivity contribution in [3.8, 4) is 0 Å². The summed E-state index contributed by atoms with van der Waals surface area (Å²) in [7, 11) is 0. The zero-order chi connectivity index (χ0) is 19.4. The summed E-state index contributed by atoms with van der Waals surface area (Å²) in [4.78, 5) is 17.8. The number of nitrogens with two attached hydrogens (primary N) is 1. The number of aliphatic hydroxyl groups is 1. The van der Waals surface area contributed by atoms with E-state index in [2.05, 4.69) is 4.98 Å². The van der Waals surface area contributed by atoms with Gasteiger partial charge in [-0.05, 0) is 36.4 Å². The number of rotatable bonds is 6. The molecule has 1 heterocycles. The van der Waals surface area contributed by atoms with Crippen molar-refractivity contribution < 1.29 is 5.11 Å². The Morgan fingerprint density at radius 3 is 2.70 bits per heavy atom. The minimum Gasteiger partial charge on any atom is -0.405 e. The maximum Gasteiger partial charge on any atom is 0.261 e. The lowest BCUT2D eigenvalue weighted by Gasteiger charge is -2.15. The molecule has 0 amide bonds. The summed E-state index contributed by atoms with van der Waals surface area (Å²) < 4.78 is 1.71. The van der Waals surface area contributed by atoms with E-state index < -0.39 is 6.10 Å². The molecule has 3 rings (SSSR count). The third-order valence-electron chi connectivity index (χ3n) is 4.55. The molecule has 0 radical (unpaired) electrons.